The molecule has 0 aliphatic carbocycles. The molecule has 0 saturated carbocycles. The van der Waals surface area contributed by atoms with Crippen LogP contribution < -0.4 is 0 Å². The molecule has 1 N–H and O–H groups in total. The summed E-state index contributed by atoms with van der Waals surface area (Å²) in [4.78, 5) is 23.1. The maximum Gasteiger partial charge on any atom is 0.407 e. The summed E-state index contributed by atoms with van der Waals surface area (Å²) in [5.41, 5.74) is 0. The number of amides is 1. The molecule has 2 atom stereocenters. The topological polar surface area (TPSA) is 57.6 Å². The lowest BCUT2D eigenvalue weighted by molar-refractivity contribution is -0.112. The molecule has 0 radical (unpaired) electrons. The maximum atomic E-state index is 11.0. The SMILES string of the molecule is CCCCC1CC(C=O)CCN1C(=O)O. The van der Waals surface area contributed by atoms with Gasteiger partial charge >= 0.3 is 6.09 Å². The molecule has 1 amide bonds. The van der Waals surface area contributed by atoms with Crippen LogP contribution in [0.3, 0.4) is 0 Å². The smallest absolute Gasteiger partial charge is 0.407 e. The van der Waals surface area contributed by atoms with Crippen molar-refractivity contribution in [1.82, 2.24) is 4.90 Å². The fraction of sp³-hybridized carbons (Fsp3) is 0.818. The first-order valence-corrected chi connectivity index (χ1v) is 5.63. The summed E-state index contributed by atoms with van der Waals surface area (Å²) in [6.45, 7) is 2.60. The van der Waals surface area contributed by atoms with Crippen molar-refractivity contribution in [2.24, 2.45) is 5.92 Å². The van der Waals surface area contributed by atoms with E-state index in [1.165, 1.54) is 4.90 Å². The van der Waals surface area contributed by atoms with Crippen LogP contribution in [0.1, 0.15) is 39.0 Å². The molecule has 1 rings (SSSR count). The van der Waals surface area contributed by atoms with Gasteiger partial charge in [0.1, 0.15) is 6.29 Å². The number of nitrogens with zero attached hydrogens (tertiary/aromatic N) is 1. The summed E-state index contributed by atoms with van der Waals surface area (Å²) in [7, 11) is 0. The molecule has 1 aliphatic heterocycles. The molecular formula is C11H19NO3. The number of carbonyl (C=O) groups excluding carboxylic acids is 1. The summed E-state index contributed by atoms with van der Waals surface area (Å²) in [5.74, 6) is 0.0578. The van der Waals surface area contributed by atoms with Gasteiger partial charge in [0.05, 0.1) is 0 Å². The number of carbonyl (C=O) groups is 2. The Kier molecular flexibility index (Phi) is 4.59. The highest BCUT2D eigenvalue weighted by molar-refractivity contribution is 5.66. The minimum Gasteiger partial charge on any atom is -0.465 e. The number of carboxylic acid groups (broad SMARTS) is 1. The van der Waals surface area contributed by atoms with Gasteiger partial charge in [0.25, 0.3) is 0 Å². The van der Waals surface area contributed by atoms with E-state index in [4.69, 9.17) is 5.11 Å². The first kappa shape index (κ1) is 12.0. The van der Waals surface area contributed by atoms with Crippen molar-refractivity contribution in [3.05, 3.63) is 0 Å². The van der Waals surface area contributed by atoms with Crippen molar-refractivity contribution in [1.29, 1.82) is 0 Å². The molecule has 2 unspecified atom stereocenters. The van der Waals surface area contributed by atoms with Crippen molar-refractivity contribution in [3.8, 4) is 0 Å². The third-order valence-corrected chi connectivity index (χ3v) is 3.09. The van der Waals surface area contributed by atoms with E-state index < -0.39 is 6.09 Å². The molecule has 15 heavy (non-hydrogen) atoms. The van der Waals surface area contributed by atoms with Crippen molar-refractivity contribution in [3.63, 3.8) is 0 Å². The van der Waals surface area contributed by atoms with E-state index in [0.29, 0.717) is 19.4 Å². The van der Waals surface area contributed by atoms with Gasteiger partial charge in [0.15, 0.2) is 0 Å². The van der Waals surface area contributed by atoms with Crippen molar-refractivity contribution >= 4 is 12.4 Å². The monoisotopic (exact) mass is 213 g/mol. The zero-order valence-corrected chi connectivity index (χ0v) is 9.19. The molecule has 0 aromatic carbocycles. The van der Waals surface area contributed by atoms with Crippen molar-refractivity contribution in [2.75, 3.05) is 6.54 Å². The Morgan fingerprint density at radius 1 is 1.60 bits per heavy atom. The highest BCUT2D eigenvalue weighted by Crippen LogP contribution is 2.25. The van der Waals surface area contributed by atoms with E-state index in [0.717, 1.165) is 25.5 Å². The minimum absolute atomic E-state index is 0.0476. The Morgan fingerprint density at radius 2 is 2.33 bits per heavy atom. The number of piperidine rings is 1. The van der Waals surface area contributed by atoms with Gasteiger partial charge in [-0.15, -0.1) is 0 Å². The van der Waals surface area contributed by atoms with Crippen LogP contribution in [-0.2, 0) is 4.79 Å². The van der Waals surface area contributed by atoms with Crippen molar-refractivity contribution in [2.45, 2.75) is 45.1 Å². The minimum atomic E-state index is -0.847. The lowest BCUT2D eigenvalue weighted by Gasteiger charge is -2.36. The summed E-state index contributed by atoms with van der Waals surface area (Å²) < 4.78 is 0. The van der Waals surface area contributed by atoms with Crippen molar-refractivity contribution < 1.29 is 14.7 Å². The molecule has 1 fully saturated rings. The maximum absolute atomic E-state index is 11.0. The highest BCUT2D eigenvalue weighted by atomic mass is 16.4. The standard InChI is InChI=1S/C11H19NO3/c1-2-3-4-10-7-9(8-13)5-6-12(10)11(14)15/h8-10H,2-7H2,1H3,(H,14,15). The lowest BCUT2D eigenvalue weighted by Crippen LogP contribution is -2.45. The fourth-order valence-electron chi connectivity index (χ4n) is 2.17. The Hall–Kier alpha value is -1.06. The van der Waals surface area contributed by atoms with E-state index in [9.17, 15) is 9.59 Å². The second-order valence-electron chi connectivity index (χ2n) is 4.19. The van der Waals surface area contributed by atoms with Crippen LogP contribution in [0.4, 0.5) is 4.79 Å². The molecule has 0 spiro atoms. The van der Waals surface area contributed by atoms with E-state index >= 15 is 0 Å². The molecule has 0 aromatic rings. The van der Waals surface area contributed by atoms with Gasteiger partial charge in [0.2, 0.25) is 0 Å². The van der Waals surface area contributed by atoms with E-state index in [1.807, 2.05) is 0 Å². The lowest BCUT2D eigenvalue weighted by atomic mass is 9.89. The third-order valence-electron chi connectivity index (χ3n) is 3.09. The van der Waals surface area contributed by atoms with Gasteiger partial charge in [-0.25, -0.2) is 4.79 Å². The number of aldehydes is 1. The zero-order chi connectivity index (χ0) is 11.3. The average Bonchev–Trinajstić information content (AvgIpc) is 2.25. The van der Waals surface area contributed by atoms with Gasteiger partial charge in [-0.3, -0.25) is 0 Å². The Labute approximate surface area is 90.3 Å². The molecule has 0 bridgehead atoms. The van der Waals surface area contributed by atoms with Crippen LogP contribution in [0.15, 0.2) is 0 Å². The highest BCUT2D eigenvalue weighted by Gasteiger charge is 2.30. The molecular weight excluding hydrogens is 194 g/mol. The second kappa shape index (κ2) is 5.73. The Balaban J connectivity index is 2.55. The molecule has 4 heteroatoms. The largest absolute Gasteiger partial charge is 0.465 e. The molecule has 0 aromatic heterocycles. The van der Waals surface area contributed by atoms with Gasteiger partial charge in [-0.1, -0.05) is 19.8 Å². The van der Waals surface area contributed by atoms with Gasteiger partial charge < -0.3 is 14.8 Å². The average molecular weight is 213 g/mol. The number of unbranched alkanes of at least 4 members (excludes halogenated alkanes) is 1. The summed E-state index contributed by atoms with van der Waals surface area (Å²) >= 11 is 0. The number of hydrogen-bond donors (Lipinski definition) is 1. The predicted octanol–water partition coefficient (Wildman–Crippen LogP) is 2.13. The molecule has 4 nitrogen and oxygen atoms in total. The Bertz CT molecular complexity index is 230. The first-order chi connectivity index (χ1) is 7.19. The summed E-state index contributed by atoms with van der Waals surface area (Å²) in [5, 5.41) is 9.00. The normalized spacial score (nSPS) is 26.3. The quantitative estimate of drug-likeness (QED) is 0.728. The van der Waals surface area contributed by atoms with Crippen LogP contribution in [0.5, 0.6) is 0 Å². The first-order valence-electron chi connectivity index (χ1n) is 5.63. The molecule has 1 saturated heterocycles. The van der Waals surface area contributed by atoms with Gasteiger partial charge in [0, 0.05) is 18.5 Å². The van der Waals surface area contributed by atoms with E-state index in [1.54, 1.807) is 0 Å². The van der Waals surface area contributed by atoms with Crippen LogP contribution in [0, 0.1) is 5.92 Å². The fourth-order valence-corrected chi connectivity index (χ4v) is 2.17. The number of likely N-dealkylation sites (tertiary alicyclic amines) is 1. The van der Waals surface area contributed by atoms with Gasteiger partial charge in [-0.2, -0.15) is 0 Å². The zero-order valence-electron chi connectivity index (χ0n) is 9.19. The number of rotatable bonds is 4. The second-order valence-corrected chi connectivity index (χ2v) is 4.19. The third kappa shape index (κ3) is 3.22. The summed E-state index contributed by atoms with van der Waals surface area (Å²) in [6, 6.07) is 0.0476. The molecule has 1 heterocycles. The van der Waals surface area contributed by atoms with E-state index in [-0.39, 0.29) is 12.0 Å². The predicted molar refractivity (Wildman–Crippen MR) is 56.8 cm³/mol. The van der Waals surface area contributed by atoms with Gasteiger partial charge in [-0.05, 0) is 19.3 Å². The summed E-state index contributed by atoms with van der Waals surface area (Å²) in [6.07, 6.45) is 4.48. The number of hydrogen-bond acceptors (Lipinski definition) is 2. The van der Waals surface area contributed by atoms with E-state index in [2.05, 4.69) is 6.92 Å². The van der Waals surface area contributed by atoms with Crippen LogP contribution >= 0.6 is 0 Å². The molecule has 1 aliphatic rings. The van der Waals surface area contributed by atoms with Crippen LogP contribution in [0.25, 0.3) is 0 Å². The van der Waals surface area contributed by atoms with Crippen LogP contribution in [-0.4, -0.2) is 35.0 Å². The molecule has 86 valence electrons. The Morgan fingerprint density at radius 3 is 2.87 bits per heavy atom. The van der Waals surface area contributed by atoms with Crippen LogP contribution in [0.2, 0.25) is 0 Å².